The van der Waals surface area contributed by atoms with E-state index in [0.29, 0.717) is 31.0 Å². The van der Waals surface area contributed by atoms with Crippen LogP contribution in [-0.2, 0) is 9.59 Å². The van der Waals surface area contributed by atoms with Gasteiger partial charge >= 0.3 is 0 Å². The van der Waals surface area contributed by atoms with Gasteiger partial charge in [-0.15, -0.1) is 0 Å². The average molecular weight is 380 g/mol. The standard InChI is InChI=1S/C22H24N2O4/c1-3-28-19-8-5-4-7-16(19)10-13-21(25)23-17-11-12-18(20(15-17)27-2)24-14-6-9-22(24)26/h4-5,7-8,10-13,15H,3,6,9,14H2,1-2H3,(H,23,25)/b13-10+. The van der Waals surface area contributed by atoms with Gasteiger partial charge in [0.05, 0.1) is 19.4 Å². The van der Waals surface area contributed by atoms with Crippen molar-refractivity contribution in [1.82, 2.24) is 0 Å². The molecule has 0 aromatic heterocycles. The Morgan fingerprint density at radius 2 is 2.04 bits per heavy atom. The van der Waals surface area contributed by atoms with Crippen molar-refractivity contribution < 1.29 is 19.1 Å². The van der Waals surface area contributed by atoms with Gasteiger partial charge in [0.15, 0.2) is 0 Å². The molecule has 1 aliphatic rings. The van der Waals surface area contributed by atoms with Gasteiger partial charge in [0.25, 0.3) is 0 Å². The van der Waals surface area contributed by atoms with Crippen molar-refractivity contribution in [3.05, 3.63) is 54.1 Å². The van der Waals surface area contributed by atoms with Crippen LogP contribution in [0.2, 0.25) is 0 Å². The third kappa shape index (κ3) is 4.52. The summed E-state index contributed by atoms with van der Waals surface area (Å²) < 4.78 is 11.0. The molecule has 0 spiro atoms. The molecule has 6 nitrogen and oxygen atoms in total. The monoisotopic (exact) mass is 380 g/mol. The first-order chi connectivity index (χ1) is 13.6. The number of ether oxygens (including phenoxy) is 2. The molecule has 28 heavy (non-hydrogen) atoms. The van der Waals surface area contributed by atoms with E-state index < -0.39 is 0 Å². The third-order valence-corrected chi connectivity index (χ3v) is 4.44. The lowest BCUT2D eigenvalue weighted by molar-refractivity contribution is -0.117. The molecule has 1 N–H and O–H groups in total. The smallest absolute Gasteiger partial charge is 0.248 e. The molecule has 1 fully saturated rings. The third-order valence-electron chi connectivity index (χ3n) is 4.44. The molecule has 2 aromatic carbocycles. The Kier molecular flexibility index (Phi) is 6.32. The second-order valence-corrected chi connectivity index (χ2v) is 6.33. The van der Waals surface area contributed by atoms with E-state index >= 15 is 0 Å². The first-order valence-electron chi connectivity index (χ1n) is 9.31. The molecule has 0 unspecified atom stereocenters. The Labute approximate surface area is 164 Å². The summed E-state index contributed by atoms with van der Waals surface area (Å²) in [5.41, 5.74) is 2.16. The number of hydrogen-bond donors (Lipinski definition) is 1. The van der Waals surface area contributed by atoms with E-state index in [0.717, 1.165) is 23.4 Å². The molecule has 0 bridgehead atoms. The van der Waals surface area contributed by atoms with E-state index in [9.17, 15) is 9.59 Å². The Hall–Kier alpha value is -3.28. The van der Waals surface area contributed by atoms with Crippen molar-refractivity contribution in [2.45, 2.75) is 19.8 Å². The number of nitrogens with one attached hydrogen (secondary N) is 1. The molecule has 0 aliphatic carbocycles. The zero-order chi connectivity index (χ0) is 19.9. The summed E-state index contributed by atoms with van der Waals surface area (Å²) in [6.07, 6.45) is 4.57. The number of carbonyl (C=O) groups is 2. The number of anilines is 2. The second kappa shape index (κ2) is 9.08. The molecule has 146 valence electrons. The minimum absolute atomic E-state index is 0.0889. The van der Waals surface area contributed by atoms with E-state index in [1.165, 1.54) is 6.08 Å². The van der Waals surface area contributed by atoms with E-state index in [1.54, 1.807) is 36.3 Å². The zero-order valence-corrected chi connectivity index (χ0v) is 16.1. The van der Waals surface area contributed by atoms with Gasteiger partial charge in [0.2, 0.25) is 11.8 Å². The lowest BCUT2D eigenvalue weighted by Crippen LogP contribution is -2.24. The predicted octanol–water partition coefficient (Wildman–Crippen LogP) is 3.87. The quantitative estimate of drug-likeness (QED) is 0.741. The second-order valence-electron chi connectivity index (χ2n) is 6.33. The Morgan fingerprint density at radius 3 is 2.75 bits per heavy atom. The molecule has 0 saturated carbocycles. The molecule has 1 aliphatic heterocycles. The maximum Gasteiger partial charge on any atom is 0.248 e. The molecular formula is C22H24N2O4. The largest absolute Gasteiger partial charge is 0.494 e. The molecule has 0 atom stereocenters. The van der Waals surface area contributed by atoms with Crippen LogP contribution in [0.3, 0.4) is 0 Å². The van der Waals surface area contributed by atoms with E-state index in [2.05, 4.69) is 5.32 Å². The fourth-order valence-corrected chi connectivity index (χ4v) is 3.14. The summed E-state index contributed by atoms with van der Waals surface area (Å²) >= 11 is 0. The maximum absolute atomic E-state index is 12.3. The van der Waals surface area contributed by atoms with E-state index in [-0.39, 0.29) is 11.8 Å². The van der Waals surface area contributed by atoms with Crippen LogP contribution in [0.15, 0.2) is 48.5 Å². The zero-order valence-electron chi connectivity index (χ0n) is 16.1. The Morgan fingerprint density at radius 1 is 1.21 bits per heavy atom. The summed E-state index contributed by atoms with van der Waals surface area (Å²) in [4.78, 5) is 26.0. The summed E-state index contributed by atoms with van der Waals surface area (Å²) in [6.45, 7) is 3.16. The number of benzene rings is 2. The topological polar surface area (TPSA) is 67.9 Å². The van der Waals surface area contributed by atoms with Crippen molar-refractivity contribution in [3.8, 4) is 11.5 Å². The summed E-state index contributed by atoms with van der Waals surface area (Å²) in [5, 5.41) is 2.82. The first kappa shape index (κ1) is 19.5. The number of para-hydroxylation sites is 1. The number of amides is 2. The Balaban J connectivity index is 1.71. The van der Waals surface area contributed by atoms with Crippen LogP contribution in [0.25, 0.3) is 6.08 Å². The van der Waals surface area contributed by atoms with Crippen LogP contribution in [0, 0.1) is 0 Å². The molecule has 3 rings (SSSR count). The summed E-state index contributed by atoms with van der Waals surface area (Å²) in [7, 11) is 1.55. The minimum Gasteiger partial charge on any atom is -0.494 e. The number of rotatable bonds is 7. The normalized spacial score (nSPS) is 13.8. The van der Waals surface area contributed by atoms with Crippen molar-refractivity contribution in [2.24, 2.45) is 0 Å². The minimum atomic E-state index is -0.265. The number of hydrogen-bond acceptors (Lipinski definition) is 4. The molecule has 1 heterocycles. The van der Waals surface area contributed by atoms with E-state index in [4.69, 9.17) is 9.47 Å². The fraction of sp³-hybridized carbons (Fsp3) is 0.273. The number of nitrogens with zero attached hydrogens (tertiary/aromatic N) is 1. The van der Waals surface area contributed by atoms with Crippen LogP contribution < -0.4 is 19.7 Å². The lowest BCUT2D eigenvalue weighted by Gasteiger charge is -2.19. The van der Waals surface area contributed by atoms with Gasteiger partial charge in [-0.2, -0.15) is 0 Å². The highest BCUT2D eigenvalue weighted by molar-refractivity contribution is 6.03. The van der Waals surface area contributed by atoms with Crippen molar-refractivity contribution in [2.75, 3.05) is 30.5 Å². The van der Waals surface area contributed by atoms with Gasteiger partial charge in [-0.3, -0.25) is 9.59 Å². The van der Waals surface area contributed by atoms with Gasteiger partial charge in [0, 0.05) is 36.4 Å². The SMILES string of the molecule is CCOc1ccccc1/C=C/C(=O)Nc1ccc(N2CCCC2=O)c(OC)c1. The van der Waals surface area contributed by atoms with Crippen LogP contribution in [-0.4, -0.2) is 32.1 Å². The van der Waals surface area contributed by atoms with Gasteiger partial charge in [-0.1, -0.05) is 18.2 Å². The molecule has 6 heteroatoms. The molecule has 0 radical (unpaired) electrons. The van der Waals surface area contributed by atoms with Gasteiger partial charge in [-0.25, -0.2) is 0 Å². The van der Waals surface area contributed by atoms with Crippen LogP contribution in [0.4, 0.5) is 11.4 Å². The highest BCUT2D eigenvalue weighted by atomic mass is 16.5. The molecule has 2 amide bonds. The van der Waals surface area contributed by atoms with Crippen molar-refractivity contribution >= 4 is 29.3 Å². The van der Waals surface area contributed by atoms with E-state index in [1.807, 2.05) is 31.2 Å². The summed E-state index contributed by atoms with van der Waals surface area (Å²) in [5.74, 6) is 1.11. The van der Waals surface area contributed by atoms with Gasteiger partial charge in [0.1, 0.15) is 11.5 Å². The molecule has 2 aromatic rings. The number of methoxy groups -OCH3 is 1. The maximum atomic E-state index is 12.3. The van der Waals surface area contributed by atoms with Crippen LogP contribution in [0.5, 0.6) is 11.5 Å². The van der Waals surface area contributed by atoms with Crippen molar-refractivity contribution in [3.63, 3.8) is 0 Å². The van der Waals surface area contributed by atoms with Crippen LogP contribution in [0.1, 0.15) is 25.3 Å². The molecular weight excluding hydrogens is 356 g/mol. The Bertz CT molecular complexity index is 892. The molecule has 1 saturated heterocycles. The predicted molar refractivity (Wildman–Crippen MR) is 110 cm³/mol. The highest BCUT2D eigenvalue weighted by Crippen LogP contribution is 2.33. The fourth-order valence-electron chi connectivity index (χ4n) is 3.14. The van der Waals surface area contributed by atoms with Gasteiger partial charge < -0.3 is 19.7 Å². The summed E-state index contributed by atoms with van der Waals surface area (Å²) in [6, 6.07) is 12.8. The van der Waals surface area contributed by atoms with Crippen LogP contribution >= 0.6 is 0 Å². The van der Waals surface area contributed by atoms with Crippen molar-refractivity contribution in [1.29, 1.82) is 0 Å². The van der Waals surface area contributed by atoms with Gasteiger partial charge in [-0.05, 0) is 37.6 Å². The lowest BCUT2D eigenvalue weighted by atomic mass is 10.2. The number of carbonyl (C=O) groups excluding carboxylic acids is 2. The average Bonchev–Trinajstić information content (AvgIpc) is 3.13. The first-order valence-corrected chi connectivity index (χ1v) is 9.31. The highest BCUT2D eigenvalue weighted by Gasteiger charge is 2.24.